The molecule has 0 aliphatic heterocycles. The number of azo groups is 1. The van der Waals surface area contributed by atoms with Crippen LogP contribution in [0.3, 0.4) is 0 Å². The number of carbonyl (C=O) groups excluding carboxylic acids is 1. The van der Waals surface area contributed by atoms with Crippen LogP contribution in [0.1, 0.15) is 34.6 Å². The quantitative estimate of drug-likeness (QED) is 0.112. The largest absolute Gasteiger partial charge is 0.494 e. The Morgan fingerprint density at radius 2 is 1.65 bits per heavy atom. The predicted molar refractivity (Wildman–Crippen MR) is 173 cm³/mol. The van der Waals surface area contributed by atoms with E-state index in [1.54, 1.807) is 23.9 Å². The molecular formula is C31H39N8O3S+. The van der Waals surface area contributed by atoms with Crippen molar-refractivity contribution in [2.45, 2.75) is 46.7 Å². The van der Waals surface area contributed by atoms with Crippen LogP contribution in [0.5, 0.6) is 11.5 Å². The summed E-state index contributed by atoms with van der Waals surface area (Å²) in [5.41, 5.74) is 2.96. The summed E-state index contributed by atoms with van der Waals surface area (Å²) in [6.45, 7) is 11.1. The number of ether oxygens (including phenoxy) is 2. The smallest absolute Gasteiger partial charge is 0.431 e. The van der Waals surface area contributed by atoms with Gasteiger partial charge in [-0.3, -0.25) is 0 Å². The summed E-state index contributed by atoms with van der Waals surface area (Å²) in [5, 5.41) is 24.3. The summed E-state index contributed by atoms with van der Waals surface area (Å²) in [5.74, 6) is 1.30. The highest BCUT2D eigenvalue weighted by atomic mass is 32.1. The predicted octanol–water partition coefficient (Wildman–Crippen LogP) is 7.80. The van der Waals surface area contributed by atoms with Crippen molar-refractivity contribution in [1.82, 2.24) is 5.10 Å². The fourth-order valence-corrected chi connectivity index (χ4v) is 5.55. The van der Waals surface area contributed by atoms with E-state index in [0.717, 1.165) is 16.6 Å². The number of para-hydroxylation sites is 1. The Hall–Kier alpha value is -4.71. The van der Waals surface area contributed by atoms with Crippen LogP contribution < -0.4 is 35.0 Å². The molecule has 2 amide bonds. The first-order chi connectivity index (χ1) is 20.7. The number of nitrogens with one attached hydrogen (secondary N) is 3. The Bertz CT molecular complexity index is 1530. The number of nitrogens with zero attached hydrogens (tertiary/aromatic N) is 5. The number of methoxy groups -OCH3 is 1. The second-order valence-corrected chi connectivity index (χ2v) is 11.1. The van der Waals surface area contributed by atoms with E-state index in [1.807, 2.05) is 68.6 Å². The lowest BCUT2D eigenvalue weighted by Crippen LogP contribution is -2.39. The average molecular weight is 604 g/mol. The second kappa shape index (κ2) is 14.5. The van der Waals surface area contributed by atoms with Crippen LogP contribution in [0.4, 0.5) is 43.5 Å². The lowest BCUT2D eigenvalue weighted by molar-refractivity contribution is -0.712. The van der Waals surface area contributed by atoms with E-state index in [1.165, 1.54) is 11.3 Å². The van der Waals surface area contributed by atoms with Gasteiger partial charge in [-0.25, -0.2) is 4.79 Å². The zero-order valence-corrected chi connectivity index (χ0v) is 26.4. The fourth-order valence-electron chi connectivity index (χ4n) is 4.44. The van der Waals surface area contributed by atoms with Gasteiger partial charge in [-0.15, -0.1) is 4.68 Å². The molecule has 1 aromatic heterocycles. The minimum Gasteiger partial charge on any atom is -0.494 e. The zero-order valence-electron chi connectivity index (χ0n) is 25.6. The van der Waals surface area contributed by atoms with E-state index >= 15 is 0 Å². The van der Waals surface area contributed by atoms with Gasteiger partial charge >= 0.3 is 11.2 Å². The van der Waals surface area contributed by atoms with Crippen molar-refractivity contribution in [2.24, 2.45) is 17.3 Å². The number of carbonyl (C=O) groups is 1. The van der Waals surface area contributed by atoms with Crippen molar-refractivity contribution in [2.75, 3.05) is 34.6 Å². The second-order valence-electron chi connectivity index (χ2n) is 10.2. The maximum atomic E-state index is 13.0. The van der Waals surface area contributed by atoms with Crippen molar-refractivity contribution in [3.63, 3.8) is 0 Å². The molecule has 11 nitrogen and oxygen atoms in total. The Morgan fingerprint density at radius 1 is 0.953 bits per heavy atom. The average Bonchev–Trinajstić information content (AvgIpc) is 3.33. The SMILES string of the molecule is CCOc1ccc(Nc2cc(NC(=O)Nc3ccccc3)c(N=Nc3sc(N(C(C)C)C(C)C)n[n+]3C)cc2OC)cc1. The van der Waals surface area contributed by atoms with Crippen LogP contribution >= 0.6 is 11.3 Å². The molecule has 226 valence electrons. The first-order valence-electron chi connectivity index (χ1n) is 14.1. The van der Waals surface area contributed by atoms with E-state index in [2.05, 4.69) is 63.9 Å². The van der Waals surface area contributed by atoms with Crippen molar-refractivity contribution in [3.8, 4) is 11.5 Å². The summed E-state index contributed by atoms with van der Waals surface area (Å²) in [6.07, 6.45) is 0. The van der Waals surface area contributed by atoms with Crippen LogP contribution in [-0.4, -0.2) is 36.9 Å². The zero-order chi connectivity index (χ0) is 30.9. The number of hydrogen-bond donors (Lipinski definition) is 3. The molecule has 0 aliphatic rings. The monoisotopic (exact) mass is 603 g/mol. The molecule has 43 heavy (non-hydrogen) atoms. The number of aryl methyl sites for hydroxylation is 1. The van der Waals surface area contributed by atoms with Crippen molar-refractivity contribution < 1.29 is 19.0 Å². The van der Waals surface area contributed by atoms with Gasteiger partial charge in [0.2, 0.25) is 5.13 Å². The van der Waals surface area contributed by atoms with E-state index in [-0.39, 0.29) is 12.1 Å². The van der Waals surface area contributed by atoms with Gasteiger partial charge in [-0.1, -0.05) is 23.3 Å². The van der Waals surface area contributed by atoms with Crippen LogP contribution in [0, 0.1) is 0 Å². The number of hydrogen-bond acceptors (Lipinski definition) is 9. The Kier molecular flexibility index (Phi) is 10.5. The molecule has 0 radical (unpaired) electrons. The normalized spacial score (nSPS) is 11.2. The Balaban J connectivity index is 1.68. The molecule has 4 rings (SSSR count). The third-order valence-electron chi connectivity index (χ3n) is 6.31. The van der Waals surface area contributed by atoms with Crippen LogP contribution in [0.2, 0.25) is 0 Å². The molecule has 1 heterocycles. The van der Waals surface area contributed by atoms with Gasteiger partial charge in [0.1, 0.15) is 24.2 Å². The van der Waals surface area contributed by atoms with Crippen LogP contribution in [0.25, 0.3) is 0 Å². The first kappa shape index (κ1) is 31.2. The highest BCUT2D eigenvalue weighted by molar-refractivity contribution is 7.18. The van der Waals surface area contributed by atoms with Gasteiger partial charge in [0.05, 0.1) is 30.2 Å². The summed E-state index contributed by atoms with van der Waals surface area (Å²) >= 11 is 1.45. The van der Waals surface area contributed by atoms with Gasteiger partial charge < -0.3 is 30.3 Å². The lowest BCUT2D eigenvalue weighted by atomic mass is 10.2. The summed E-state index contributed by atoms with van der Waals surface area (Å²) in [7, 11) is 3.42. The number of rotatable bonds is 12. The minimum atomic E-state index is -0.421. The lowest BCUT2D eigenvalue weighted by Gasteiger charge is -2.28. The van der Waals surface area contributed by atoms with E-state index in [9.17, 15) is 4.79 Å². The van der Waals surface area contributed by atoms with Crippen molar-refractivity contribution >= 4 is 56.1 Å². The molecule has 0 saturated heterocycles. The number of anilines is 5. The number of urea groups is 1. The van der Waals surface area contributed by atoms with Crippen molar-refractivity contribution in [3.05, 3.63) is 66.7 Å². The van der Waals surface area contributed by atoms with E-state index in [4.69, 9.17) is 9.47 Å². The summed E-state index contributed by atoms with van der Waals surface area (Å²) in [4.78, 5) is 15.2. The third-order valence-corrected chi connectivity index (χ3v) is 7.32. The van der Waals surface area contributed by atoms with E-state index in [0.29, 0.717) is 40.2 Å². The Morgan fingerprint density at radius 3 is 2.28 bits per heavy atom. The standard InChI is InChI=1S/C31H38N8O3S/c1-8-42-24-16-14-23(15-17-24)32-27-18-25(34-29(40)33-22-12-10-9-11-13-22)26(19-28(27)41-7)35-36-30-38(6)37-31(43-30)39(20(2)3)21(4)5/h9-21H,8H2,1-7H3,(H2,32,33,34,40)/p+1. The molecular weight excluding hydrogens is 564 g/mol. The molecule has 0 unspecified atom stereocenters. The van der Waals surface area contributed by atoms with Gasteiger partial charge in [-0.2, -0.15) is 0 Å². The topological polar surface area (TPSA) is 116 Å². The van der Waals surface area contributed by atoms with Crippen molar-refractivity contribution in [1.29, 1.82) is 0 Å². The third kappa shape index (κ3) is 8.19. The fraction of sp³-hybridized carbons (Fsp3) is 0.323. The maximum Gasteiger partial charge on any atom is 0.431 e. The molecule has 3 N–H and O–H groups in total. The number of aromatic nitrogens is 2. The molecule has 3 aromatic carbocycles. The minimum absolute atomic E-state index is 0.273. The molecule has 0 atom stereocenters. The van der Waals surface area contributed by atoms with Gasteiger partial charge in [0.25, 0.3) is 0 Å². The summed E-state index contributed by atoms with van der Waals surface area (Å²) < 4.78 is 13.0. The number of benzene rings is 3. The maximum absolute atomic E-state index is 13.0. The summed E-state index contributed by atoms with van der Waals surface area (Å²) in [6, 6.07) is 20.4. The molecule has 0 fully saturated rings. The molecule has 12 heteroatoms. The van der Waals surface area contributed by atoms with Crippen LogP contribution in [0.15, 0.2) is 77.0 Å². The number of amides is 2. The molecule has 0 saturated carbocycles. The first-order valence-corrected chi connectivity index (χ1v) is 14.9. The molecule has 0 bridgehead atoms. The Labute approximate surface area is 256 Å². The highest BCUT2D eigenvalue weighted by Crippen LogP contribution is 2.39. The van der Waals surface area contributed by atoms with Gasteiger partial charge in [0, 0.05) is 29.5 Å². The molecule has 0 aliphatic carbocycles. The molecule has 4 aromatic rings. The van der Waals surface area contributed by atoms with Gasteiger partial charge in [-0.05, 0) is 93.5 Å². The van der Waals surface area contributed by atoms with E-state index < -0.39 is 6.03 Å². The van der Waals surface area contributed by atoms with Crippen LogP contribution in [-0.2, 0) is 7.05 Å². The molecule has 0 spiro atoms. The highest BCUT2D eigenvalue weighted by Gasteiger charge is 2.25. The van der Waals surface area contributed by atoms with Gasteiger partial charge in [0.15, 0.2) is 0 Å².